The Balaban J connectivity index is 1.95. The number of aryl methyl sites for hydroxylation is 1. The SMILES string of the molecule is CCCc1ccc(C(NC(=O)c2ccc(OC)c(S(=O)(=O)N(C)C)c2)c2cccs2)cc1. The number of methoxy groups -OCH3 is 1. The van der Waals surface area contributed by atoms with Crippen LogP contribution in [0.25, 0.3) is 0 Å². The van der Waals surface area contributed by atoms with Crippen LogP contribution in [-0.2, 0) is 16.4 Å². The maximum Gasteiger partial charge on any atom is 0.252 e. The van der Waals surface area contributed by atoms with Crippen LogP contribution in [0.5, 0.6) is 5.75 Å². The first kappa shape index (κ1) is 24.0. The molecule has 3 aromatic rings. The number of amides is 1. The number of carbonyl (C=O) groups excluding carboxylic acids is 1. The molecule has 1 N–H and O–H groups in total. The molecule has 1 heterocycles. The van der Waals surface area contributed by atoms with Gasteiger partial charge in [0.1, 0.15) is 10.6 Å². The van der Waals surface area contributed by atoms with Gasteiger partial charge in [0.2, 0.25) is 10.0 Å². The van der Waals surface area contributed by atoms with Crippen molar-refractivity contribution in [3.05, 3.63) is 81.5 Å². The topological polar surface area (TPSA) is 75.7 Å². The van der Waals surface area contributed by atoms with E-state index in [0.29, 0.717) is 0 Å². The van der Waals surface area contributed by atoms with Crippen LogP contribution in [0.1, 0.15) is 45.7 Å². The molecule has 0 aliphatic heterocycles. The molecule has 1 atom stereocenters. The van der Waals surface area contributed by atoms with Gasteiger partial charge in [-0.2, -0.15) is 0 Å². The van der Waals surface area contributed by atoms with E-state index in [1.807, 2.05) is 29.6 Å². The number of hydrogen-bond donors (Lipinski definition) is 1. The summed E-state index contributed by atoms with van der Waals surface area (Å²) in [5, 5.41) is 5.04. The first-order valence-electron chi connectivity index (χ1n) is 10.3. The number of rotatable bonds is 9. The van der Waals surface area contributed by atoms with Gasteiger partial charge in [-0.3, -0.25) is 4.79 Å². The molecule has 1 unspecified atom stereocenters. The van der Waals surface area contributed by atoms with Gasteiger partial charge >= 0.3 is 0 Å². The fourth-order valence-electron chi connectivity index (χ4n) is 3.37. The Morgan fingerprint density at radius 3 is 2.41 bits per heavy atom. The van der Waals surface area contributed by atoms with E-state index in [4.69, 9.17) is 4.74 Å². The number of nitrogens with one attached hydrogen (secondary N) is 1. The largest absolute Gasteiger partial charge is 0.495 e. The molecule has 0 aliphatic rings. The van der Waals surface area contributed by atoms with E-state index in [2.05, 4.69) is 24.4 Å². The lowest BCUT2D eigenvalue weighted by Gasteiger charge is -2.20. The molecule has 0 saturated carbocycles. The van der Waals surface area contributed by atoms with Crippen LogP contribution >= 0.6 is 11.3 Å². The number of thiophene rings is 1. The maximum atomic E-state index is 13.2. The highest BCUT2D eigenvalue weighted by Gasteiger charge is 2.25. The van der Waals surface area contributed by atoms with Gasteiger partial charge in [0.05, 0.1) is 13.2 Å². The second kappa shape index (κ2) is 10.3. The van der Waals surface area contributed by atoms with Gasteiger partial charge in [0, 0.05) is 24.5 Å². The standard InChI is InChI=1S/C24H28N2O4S2/c1-5-7-17-9-11-18(12-10-17)23(21-8-6-15-31-21)25-24(27)19-13-14-20(30-4)22(16-19)32(28,29)26(2)3/h6,8-16,23H,5,7H2,1-4H3,(H,25,27). The van der Waals surface area contributed by atoms with Crippen molar-refractivity contribution >= 4 is 27.3 Å². The third kappa shape index (κ3) is 5.20. The number of hydrogen-bond acceptors (Lipinski definition) is 5. The van der Waals surface area contributed by atoms with Crippen LogP contribution in [0.4, 0.5) is 0 Å². The van der Waals surface area contributed by atoms with Crippen molar-refractivity contribution in [2.45, 2.75) is 30.7 Å². The summed E-state index contributed by atoms with van der Waals surface area (Å²) in [6.45, 7) is 2.14. The van der Waals surface area contributed by atoms with Crippen molar-refractivity contribution < 1.29 is 17.9 Å². The molecule has 6 nitrogen and oxygen atoms in total. The quantitative estimate of drug-likeness (QED) is 0.498. The number of ether oxygens (including phenoxy) is 1. The monoisotopic (exact) mass is 472 g/mol. The second-order valence-corrected chi connectivity index (χ2v) is 10.7. The van der Waals surface area contributed by atoms with Crippen LogP contribution in [0.3, 0.4) is 0 Å². The van der Waals surface area contributed by atoms with Gasteiger partial charge in [-0.1, -0.05) is 43.7 Å². The fourth-order valence-corrected chi connectivity index (χ4v) is 5.25. The van der Waals surface area contributed by atoms with Crippen LogP contribution in [0.15, 0.2) is 64.9 Å². The molecule has 2 aromatic carbocycles. The van der Waals surface area contributed by atoms with Gasteiger partial charge in [-0.15, -0.1) is 11.3 Å². The smallest absolute Gasteiger partial charge is 0.252 e. The Bertz CT molecular complexity index is 1160. The highest BCUT2D eigenvalue weighted by molar-refractivity contribution is 7.89. The summed E-state index contributed by atoms with van der Waals surface area (Å²) >= 11 is 1.56. The number of sulfonamides is 1. The van der Waals surface area contributed by atoms with Crippen LogP contribution in [-0.4, -0.2) is 39.8 Å². The zero-order valence-electron chi connectivity index (χ0n) is 18.7. The van der Waals surface area contributed by atoms with E-state index >= 15 is 0 Å². The van der Waals surface area contributed by atoms with Gasteiger partial charge in [-0.25, -0.2) is 12.7 Å². The van der Waals surface area contributed by atoms with Gasteiger partial charge in [-0.05, 0) is 47.2 Å². The average Bonchev–Trinajstić information content (AvgIpc) is 3.32. The minimum atomic E-state index is -3.78. The van der Waals surface area contributed by atoms with E-state index < -0.39 is 10.0 Å². The highest BCUT2D eigenvalue weighted by Crippen LogP contribution is 2.29. The first-order chi connectivity index (χ1) is 15.3. The molecular formula is C24H28N2O4S2. The van der Waals surface area contributed by atoms with Crippen LogP contribution < -0.4 is 10.1 Å². The second-order valence-electron chi connectivity index (χ2n) is 7.57. The molecule has 0 saturated heterocycles. The normalized spacial score (nSPS) is 12.5. The molecule has 0 fully saturated rings. The average molecular weight is 473 g/mol. The maximum absolute atomic E-state index is 13.2. The van der Waals surface area contributed by atoms with Crippen molar-refractivity contribution in [1.29, 1.82) is 0 Å². The Hall–Kier alpha value is -2.68. The Labute approximate surface area is 193 Å². The van der Waals surface area contributed by atoms with Crippen molar-refractivity contribution in [3.63, 3.8) is 0 Å². The lowest BCUT2D eigenvalue weighted by atomic mass is 10.0. The first-order valence-corrected chi connectivity index (χ1v) is 12.6. The molecule has 32 heavy (non-hydrogen) atoms. The Morgan fingerprint density at radius 2 is 1.84 bits per heavy atom. The minimum Gasteiger partial charge on any atom is -0.495 e. The Morgan fingerprint density at radius 1 is 1.12 bits per heavy atom. The molecule has 3 rings (SSSR count). The summed E-state index contributed by atoms with van der Waals surface area (Å²) in [5.74, 6) is -0.171. The van der Waals surface area contributed by atoms with Crippen molar-refractivity contribution in [3.8, 4) is 5.75 Å². The number of benzene rings is 2. The van der Waals surface area contributed by atoms with Gasteiger partial charge in [0.25, 0.3) is 5.91 Å². The molecule has 0 bridgehead atoms. The van der Waals surface area contributed by atoms with Gasteiger partial charge in [0.15, 0.2) is 0 Å². The van der Waals surface area contributed by atoms with E-state index in [1.54, 1.807) is 17.4 Å². The molecule has 8 heteroatoms. The lowest BCUT2D eigenvalue weighted by Crippen LogP contribution is -2.29. The Kier molecular flexibility index (Phi) is 7.71. The predicted molar refractivity (Wildman–Crippen MR) is 128 cm³/mol. The summed E-state index contributed by atoms with van der Waals surface area (Å²) in [4.78, 5) is 14.1. The molecule has 1 aromatic heterocycles. The summed E-state index contributed by atoms with van der Waals surface area (Å²) < 4.78 is 31.8. The lowest BCUT2D eigenvalue weighted by molar-refractivity contribution is 0.0943. The zero-order chi connectivity index (χ0) is 23.3. The number of carbonyl (C=O) groups is 1. The predicted octanol–water partition coefficient (Wildman–Crippen LogP) is 4.48. The van der Waals surface area contributed by atoms with Gasteiger partial charge < -0.3 is 10.1 Å². The molecule has 0 aliphatic carbocycles. The van der Waals surface area contributed by atoms with Crippen molar-refractivity contribution in [2.24, 2.45) is 0 Å². The summed E-state index contributed by atoms with van der Waals surface area (Å²) in [6, 6.07) is 16.3. The third-order valence-corrected chi connectivity index (χ3v) is 7.91. The third-order valence-electron chi connectivity index (χ3n) is 5.14. The molecule has 1 amide bonds. The molecular weight excluding hydrogens is 444 g/mol. The minimum absolute atomic E-state index is 0.0470. The molecule has 0 radical (unpaired) electrons. The summed E-state index contributed by atoms with van der Waals surface area (Å²) in [5.41, 5.74) is 2.46. The van der Waals surface area contributed by atoms with Crippen LogP contribution in [0.2, 0.25) is 0 Å². The fraction of sp³-hybridized carbons (Fsp3) is 0.292. The van der Waals surface area contributed by atoms with E-state index in [0.717, 1.165) is 27.6 Å². The van der Waals surface area contributed by atoms with E-state index in [1.165, 1.54) is 38.9 Å². The highest BCUT2D eigenvalue weighted by atomic mass is 32.2. The molecule has 170 valence electrons. The van der Waals surface area contributed by atoms with E-state index in [9.17, 15) is 13.2 Å². The van der Waals surface area contributed by atoms with Crippen LogP contribution in [0, 0.1) is 0 Å². The van der Waals surface area contributed by atoms with Crippen molar-refractivity contribution in [1.82, 2.24) is 9.62 Å². The summed E-state index contributed by atoms with van der Waals surface area (Å²) in [6.07, 6.45) is 2.07. The van der Waals surface area contributed by atoms with E-state index in [-0.39, 0.29) is 28.2 Å². The zero-order valence-corrected chi connectivity index (χ0v) is 20.3. The summed E-state index contributed by atoms with van der Waals surface area (Å²) in [7, 11) is 0.504. The number of nitrogens with zero attached hydrogens (tertiary/aromatic N) is 1. The molecule has 0 spiro atoms. The van der Waals surface area contributed by atoms with Crippen molar-refractivity contribution in [2.75, 3.05) is 21.2 Å².